The van der Waals surface area contributed by atoms with E-state index in [9.17, 15) is 0 Å². The van der Waals surface area contributed by atoms with Crippen LogP contribution in [0.25, 0.3) is 0 Å². The molecule has 6 atom stereocenters. The zero-order valence-corrected chi connectivity index (χ0v) is 11.5. The van der Waals surface area contributed by atoms with E-state index in [0.717, 1.165) is 48.7 Å². The van der Waals surface area contributed by atoms with E-state index in [-0.39, 0.29) is 0 Å². The van der Waals surface area contributed by atoms with Gasteiger partial charge in [0.05, 0.1) is 13.2 Å². The topological polar surface area (TPSA) is 18.5 Å². The van der Waals surface area contributed by atoms with Crippen molar-refractivity contribution in [3.63, 3.8) is 0 Å². The fourth-order valence-electron chi connectivity index (χ4n) is 4.63. The summed E-state index contributed by atoms with van der Waals surface area (Å²) in [6, 6.07) is 0. The van der Waals surface area contributed by atoms with Crippen LogP contribution in [0, 0.1) is 35.5 Å². The Bertz CT molecular complexity index is 351. The van der Waals surface area contributed by atoms with Gasteiger partial charge in [-0.2, -0.15) is 0 Å². The summed E-state index contributed by atoms with van der Waals surface area (Å²) in [6.07, 6.45) is 15.0. The van der Waals surface area contributed by atoms with Gasteiger partial charge in [0, 0.05) is 0 Å². The lowest BCUT2D eigenvalue weighted by atomic mass is 9.94. The minimum absolute atomic E-state index is 0.495. The summed E-state index contributed by atoms with van der Waals surface area (Å²) in [5.41, 5.74) is 0. The summed E-state index contributed by atoms with van der Waals surface area (Å²) in [6.45, 7) is 2.28. The molecule has 4 aliphatic carbocycles. The molecule has 0 heterocycles. The molecule has 19 heavy (non-hydrogen) atoms. The Labute approximate surface area is 115 Å². The van der Waals surface area contributed by atoms with Crippen molar-refractivity contribution in [1.82, 2.24) is 0 Å². The van der Waals surface area contributed by atoms with Gasteiger partial charge in [-0.1, -0.05) is 24.3 Å². The molecule has 2 nitrogen and oxygen atoms in total. The van der Waals surface area contributed by atoms with E-state index in [1.165, 1.54) is 25.7 Å². The highest BCUT2D eigenvalue weighted by Crippen LogP contribution is 2.44. The second kappa shape index (κ2) is 5.06. The Morgan fingerprint density at radius 1 is 0.684 bits per heavy atom. The standard InChI is InChI=1S/C17H24O2/c1-3-14-5-12(1)7-16(14)9-18-11-19-10-17-8-13-2-4-15(17)6-13/h1-4,12-17H,5-11H2. The Hall–Kier alpha value is -0.600. The van der Waals surface area contributed by atoms with E-state index in [4.69, 9.17) is 9.47 Å². The van der Waals surface area contributed by atoms with Gasteiger partial charge in [0.1, 0.15) is 6.79 Å². The third-order valence-corrected chi connectivity index (χ3v) is 5.66. The number of hydrogen-bond acceptors (Lipinski definition) is 2. The van der Waals surface area contributed by atoms with Gasteiger partial charge in [-0.15, -0.1) is 0 Å². The highest BCUT2D eigenvalue weighted by atomic mass is 16.7. The van der Waals surface area contributed by atoms with Crippen LogP contribution in [0.15, 0.2) is 24.3 Å². The number of rotatable bonds is 6. The van der Waals surface area contributed by atoms with Gasteiger partial charge in [-0.05, 0) is 61.2 Å². The van der Waals surface area contributed by atoms with Crippen LogP contribution in [0.2, 0.25) is 0 Å². The molecule has 4 aliphatic rings. The highest BCUT2D eigenvalue weighted by Gasteiger charge is 2.36. The normalized spacial score (nSPS) is 45.7. The van der Waals surface area contributed by atoms with Crippen molar-refractivity contribution >= 4 is 0 Å². The third kappa shape index (κ3) is 2.41. The second-order valence-electron chi connectivity index (χ2n) is 6.94. The zero-order valence-electron chi connectivity index (χ0n) is 11.5. The van der Waals surface area contributed by atoms with E-state index < -0.39 is 0 Å². The monoisotopic (exact) mass is 260 g/mol. The maximum absolute atomic E-state index is 5.74. The minimum atomic E-state index is 0.495. The molecule has 104 valence electrons. The molecule has 0 aromatic rings. The highest BCUT2D eigenvalue weighted by molar-refractivity contribution is 5.10. The van der Waals surface area contributed by atoms with E-state index in [1.54, 1.807) is 0 Å². The molecule has 4 bridgehead atoms. The molecule has 0 spiro atoms. The van der Waals surface area contributed by atoms with Gasteiger partial charge in [0.15, 0.2) is 0 Å². The molecule has 4 rings (SSSR count). The van der Waals surface area contributed by atoms with E-state index in [2.05, 4.69) is 24.3 Å². The van der Waals surface area contributed by atoms with Crippen LogP contribution in [0.5, 0.6) is 0 Å². The maximum atomic E-state index is 5.74. The quantitative estimate of drug-likeness (QED) is 0.414. The molecular weight excluding hydrogens is 236 g/mol. The smallest absolute Gasteiger partial charge is 0.146 e. The number of ether oxygens (including phenoxy) is 2. The minimum Gasteiger partial charge on any atom is -0.355 e. The average molecular weight is 260 g/mol. The van der Waals surface area contributed by atoms with Crippen molar-refractivity contribution in [2.45, 2.75) is 25.7 Å². The SMILES string of the molecule is C1=CC2CC1CC2COCOCC1CC2C=CC1C2. The lowest BCUT2D eigenvalue weighted by molar-refractivity contribution is -0.0779. The van der Waals surface area contributed by atoms with Crippen molar-refractivity contribution < 1.29 is 9.47 Å². The first kappa shape index (κ1) is 12.2. The maximum Gasteiger partial charge on any atom is 0.146 e. The van der Waals surface area contributed by atoms with Gasteiger partial charge in [-0.25, -0.2) is 0 Å². The van der Waals surface area contributed by atoms with Gasteiger partial charge >= 0.3 is 0 Å². The summed E-state index contributed by atoms with van der Waals surface area (Å²) < 4.78 is 11.5. The molecule has 2 saturated carbocycles. The van der Waals surface area contributed by atoms with E-state index in [1.807, 2.05) is 0 Å². The van der Waals surface area contributed by atoms with Crippen LogP contribution in [0.4, 0.5) is 0 Å². The van der Waals surface area contributed by atoms with Gasteiger partial charge in [0.25, 0.3) is 0 Å². The van der Waals surface area contributed by atoms with E-state index in [0.29, 0.717) is 6.79 Å². The van der Waals surface area contributed by atoms with Gasteiger partial charge in [0.2, 0.25) is 0 Å². The summed E-state index contributed by atoms with van der Waals surface area (Å²) in [4.78, 5) is 0. The molecule has 0 aliphatic heterocycles. The zero-order chi connectivity index (χ0) is 12.7. The first-order valence-corrected chi connectivity index (χ1v) is 7.90. The lowest BCUT2D eigenvalue weighted by Gasteiger charge is -2.20. The Morgan fingerprint density at radius 2 is 1.21 bits per heavy atom. The molecule has 2 fully saturated rings. The van der Waals surface area contributed by atoms with Crippen LogP contribution in [0.1, 0.15) is 25.7 Å². The number of allylic oxidation sites excluding steroid dienone is 4. The fourth-order valence-corrected chi connectivity index (χ4v) is 4.63. The van der Waals surface area contributed by atoms with Crippen LogP contribution in [-0.2, 0) is 9.47 Å². The number of hydrogen-bond donors (Lipinski definition) is 0. The Morgan fingerprint density at radius 3 is 1.58 bits per heavy atom. The van der Waals surface area contributed by atoms with E-state index >= 15 is 0 Å². The molecule has 0 saturated heterocycles. The number of fused-ring (bicyclic) bond motifs is 4. The van der Waals surface area contributed by atoms with Crippen molar-refractivity contribution in [2.24, 2.45) is 35.5 Å². The Kier molecular flexibility index (Phi) is 3.24. The van der Waals surface area contributed by atoms with Crippen LogP contribution < -0.4 is 0 Å². The molecule has 0 N–H and O–H groups in total. The molecule has 6 unspecified atom stereocenters. The second-order valence-corrected chi connectivity index (χ2v) is 6.94. The third-order valence-electron chi connectivity index (χ3n) is 5.66. The summed E-state index contributed by atoms with van der Waals surface area (Å²) in [5.74, 6) is 4.79. The van der Waals surface area contributed by atoms with Crippen molar-refractivity contribution in [3.8, 4) is 0 Å². The molecule has 0 amide bonds. The van der Waals surface area contributed by atoms with Gasteiger partial charge < -0.3 is 9.47 Å². The lowest BCUT2D eigenvalue weighted by Crippen LogP contribution is -2.18. The average Bonchev–Trinajstić information content (AvgIpc) is 3.18. The predicted molar refractivity (Wildman–Crippen MR) is 74.5 cm³/mol. The first-order chi connectivity index (χ1) is 9.38. The predicted octanol–water partition coefficient (Wildman–Crippen LogP) is 3.40. The molecular formula is C17H24O2. The fraction of sp³-hybridized carbons (Fsp3) is 0.765. The van der Waals surface area contributed by atoms with Crippen LogP contribution >= 0.6 is 0 Å². The van der Waals surface area contributed by atoms with Crippen molar-refractivity contribution in [1.29, 1.82) is 0 Å². The molecule has 2 heteroatoms. The van der Waals surface area contributed by atoms with Crippen LogP contribution in [-0.4, -0.2) is 20.0 Å². The molecule has 0 radical (unpaired) electrons. The van der Waals surface area contributed by atoms with Crippen molar-refractivity contribution in [2.75, 3.05) is 20.0 Å². The Balaban J connectivity index is 1.11. The van der Waals surface area contributed by atoms with Crippen molar-refractivity contribution in [3.05, 3.63) is 24.3 Å². The summed E-state index contributed by atoms with van der Waals surface area (Å²) in [5, 5.41) is 0. The largest absolute Gasteiger partial charge is 0.355 e. The van der Waals surface area contributed by atoms with Gasteiger partial charge in [-0.3, -0.25) is 0 Å². The molecule has 0 aromatic heterocycles. The first-order valence-electron chi connectivity index (χ1n) is 7.90. The molecule has 0 aromatic carbocycles. The van der Waals surface area contributed by atoms with Crippen LogP contribution in [0.3, 0.4) is 0 Å². The summed E-state index contributed by atoms with van der Waals surface area (Å²) >= 11 is 0. The summed E-state index contributed by atoms with van der Waals surface area (Å²) in [7, 11) is 0.